The second-order valence-electron chi connectivity index (χ2n) is 1.69. The van der Waals surface area contributed by atoms with Crippen LogP contribution in [0.25, 0.3) is 0 Å². The summed E-state index contributed by atoms with van der Waals surface area (Å²) < 4.78 is 24.1. The van der Waals surface area contributed by atoms with Crippen LogP contribution in [0.5, 0.6) is 0 Å². The molecule has 1 atom stereocenters. The Morgan fingerprint density at radius 1 is 1.08 bits per heavy atom. The molecule has 13 heavy (non-hydrogen) atoms. The Hall–Kier alpha value is -0.110. The van der Waals surface area contributed by atoms with Crippen molar-refractivity contribution in [1.29, 1.82) is 0 Å². The number of allylic oxidation sites excluding steroid dienone is 4. The minimum Gasteiger partial charge on any atom is -0.750 e. The van der Waals surface area contributed by atoms with Gasteiger partial charge in [-0.15, -0.1) is 0 Å². The molecule has 0 spiro atoms. The van der Waals surface area contributed by atoms with Crippen molar-refractivity contribution in [2.75, 3.05) is 0 Å². The fourth-order valence-electron chi connectivity index (χ4n) is 0.440. The van der Waals surface area contributed by atoms with Gasteiger partial charge in [0, 0.05) is 0 Å². The molecule has 1 N–H and O–H groups in total. The smallest absolute Gasteiger partial charge is 0.750 e. The van der Waals surface area contributed by atoms with Crippen LogP contribution >= 0.6 is 0 Å². The van der Waals surface area contributed by atoms with E-state index < -0.39 is 11.4 Å². The molecule has 5 nitrogen and oxygen atoms in total. The number of ketones is 2. The van der Waals surface area contributed by atoms with Crippen molar-refractivity contribution >= 4 is 22.9 Å². The van der Waals surface area contributed by atoms with Gasteiger partial charge in [0.2, 0.25) is 0 Å². The maximum atomic E-state index is 10.3. The van der Waals surface area contributed by atoms with E-state index >= 15 is 0 Å². The van der Waals surface area contributed by atoms with E-state index in [-0.39, 0.29) is 41.1 Å². The molecule has 0 aromatic heterocycles. The van der Waals surface area contributed by atoms with E-state index in [1.807, 2.05) is 0 Å². The number of carbonyl (C=O) groups is 2. The first-order valence-corrected chi connectivity index (χ1v) is 3.78. The normalized spacial score (nSPS) is 15.5. The molecule has 0 saturated carbocycles. The molecule has 1 aliphatic carbocycles. The van der Waals surface area contributed by atoms with Gasteiger partial charge in [-0.1, -0.05) is 0 Å². The second-order valence-corrected chi connectivity index (χ2v) is 2.12. The summed E-state index contributed by atoms with van der Waals surface area (Å²) in [5, 5.41) is 0. The fraction of sp³-hybridized carbons (Fsp3) is 0. The van der Waals surface area contributed by atoms with Gasteiger partial charge in [0.05, 0.1) is 11.4 Å². The minimum atomic E-state index is -2.86. The summed E-state index contributed by atoms with van der Waals surface area (Å²) in [4.78, 5) is 20.6. The Morgan fingerprint density at radius 2 is 1.23 bits per heavy atom. The van der Waals surface area contributed by atoms with E-state index in [1.54, 1.807) is 0 Å². The van der Waals surface area contributed by atoms with Crippen molar-refractivity contribution in [1.82, 2.24) is 0 Å². The van der Waals surface area contributed by atoms with Crippen molar-refractivity contribution in [2.45, 2.75) is 0 Å². The van der Waals surface area contributed by atoms with Gasteiger partial charge >= 0.3 is 29.6 Å². The maximum absolute atomic E-state index is 10.3. The monoisotopic (exact) mass is 212 g/mol. The molecule has 0 aliphatic heterocycles. The molecule has 1 rings (SSSR count). The van der Waals surface area contributed by atoms with Gasteiger partial charge in [-0.05, 0) is 24.3 Å². The van der Waals surface area contributed by atoms with Crippen LogP contribution in [0, 0.1) is 0 Å². The molecule has 0 saturated heterocycles. The van der Waals surface area contributed by atoms with Crippen molar-refractivity contribution in [3.05, 3.63) is 24.3 Å². The summed E-state index contributed by atoms with van der Waals surface area (Å²) in [6.07, 6.45) is 5.01. The summed E-state index contributed by atoms with van der Waals surface area (Å²) in [5.74, 6) is -0.241. The van der Waals surface area contributed by atoms with E-state index in [9.17, 15) is 9.59 Å². The van der Waals surface area contributed by atoms with Gasteiger partial charge in [-0.2, -0.15) is 0 Å². The van der Waals surface area contributed by atoms with Gasteiger partial charge in [0.15, 0.2) is 11.6 Å². The van der Waals surface area contributed by atoms with Crippen molar-refractivity contribution in [2.24, 2.45) is 0 Å². The Balaban J connectivity index is 0. The predicted molar refractivity (Wildman–Crippen MR) is 39.8 cm³/mol. The van der Waals surface area contributed by atoms with Crippen LogP contribution in [0.2, 0.25) is 0 Å². The van der Waals surface area contributed by atoms with Crippen molar-refractivity contribution in [3.63, 3.8) is 0 Å². The number of rotatable bonds is 0. The molecule has 0 heterocycles. The number of carbonyl (C=O) groups excluding carboxylic acids is 2. The Morgan fingerprint density at radius 3 is 1.38 bits per heavy atom. The third-order valence-corrected chi connectivity index (χ3v) is 0.824. The van der Waals surface area contributed by atoms with Crippen molar-refractivity contribution < 1.29 is 52.5 Å². The molecule has 7 heteroatoms. The average molecular weight is 212 g/mol. The largest absolute Gasteiger partial charge is 1.00 e. The average Bonchev–Trinajstić information content (AvgIpc) is 1.94. The molecular formula is C6H5NaO5S. The summed E-state index contributed by atoms with van der Waals surface area (Å²) >= 11 is -2.86. The Bertz CT molecular complexity index is 228. The van der Waals surface area contributed by atoms with E-state index in [1.165, 1.54) is 24.3 Å². The first-order chi connectivity index (χ1) is 5.52. The van der Waals surface area contributed by atoms with E-state index in [0.29, 0.717) is 0 Å². The Kier molecular flexibility index (Phi) is 10.0. The molecule has 0 aromatic carbocycles. The van der Waals surface area contributed by atoms with Crippen LogP contribution in [0.3, 0.4) is 0 Å². The summed E-state index contributed by atoms with van der Waals surface area (Å²) in [7, 11) is 0. The zero-order chi connectivity index (χ0) is 9.56. The SMILES string of the molecule is O=C1C=CC(=O)C=C1.O=S([O-])O.[Na+]. The predicted octanol–water partition coefficient (Wildman–Crippen LogP) is -3.41. The fourth-order valence-corrected chi connectivity index (χ4v) is 0.440. The van der Waals surface area contributed by atoms with E-state index in [0.717, 1.165) is 0 Å². The van der Waals surface area contributed by atoms with E-state index in [4.69, 9.17) is 13.3 Å². The topological polar surface area (TPSA) is 94.5 Å². The minimum absolute atomic E-state index is 0. The van der Waals surface area contributed by atoms with Gasteiger partial charge < -0.3 is 9.11 Å². The molecule has 1 unspecified atom stereocenters. The summed E-state index contributed by atoms with van der Waals surface area (Å²) in [5.41, 5.74) is 0. The zero-order valence-electron chi connectivity index (χ0n) is 6.80. The third-order valence-electron chi connectivity index (χ3n) is 0.824. The summed E-state index contributed by atoms with van der Waals surface area (Å²) in [6.45, 7) is 0. The molecule has 0 bridgehead atoms. The molecule has 1 aliphatic rings. The van der Waals surface area contributed by atoms with Crippen LogP contribution in [-0.2, 0) is 21.0 Å². The van der Waals surface area contributed by atoms with Crippen LogP contribution < -0.4 is 29.6 Å². The van der Waals surface area contributed by atoms with E-state index in [2.05, 4.69) is 0 Å². The van der Waals surface area contributed by atoms with Crippen LogP contribution in [0.1, 0.15) is 0 Å². The van der Waals surface area contributed by atoms with Crippen LogP contribution in [-0.4, -0.2) is 24.9 Å². The third kappa shape index (κ3) is 11.9. The van der Waals surface area contributed by atoms with Gasteiger partial charge in [-0.25, -0.2) is 4.21 Å². The number of hydrogen-bond donors (Lipinski definition) is 1. The Labute approximate surface area is 99.3 Å². The molecule has 0 aromatic rings. The van der Waals surface area contributed by atoms with Crippen molar-refractivity contribution in [3.8, 4) is 0 Å². The number of hydrogen-bond acceptors (Lipinski definition) is 4. The summed E-state index contributed by atoms with van der Waals surface area (Å²) in [6, 6.07) is 0. The first-order valence-electron chi connectivity index (χ1n) is 2.75. The first kappa shape index (κ1) is 15.4. The quantitative estimate of drug-likeness (QED) is 0.256. The maximum Gasteiger partial charge on any atom is 1.00 e. The van der Waals surface area contributed by atoms with Gasteiger partial charge in [0.25, 0.3) is 0 Å². The van der Waals surface area contributed by atoms with Gasteiger partial charge in [-0.3, -0.25) is 9.59 Å². The molecule has 0 amide bonds. The molecule has 0 radical (unpaired) electrons. The van der Waals surface area contributed by atoms with Crippen LogP contribution in [0.4, 0.5) is 0 Å². The second kappa shape index (κ2) is 8.49. The standard InChI is InChI=1S/C6H4O2.Na.H2O3S/c7-5-1-2-6(8)4-3-5;;1-4(2)3/h1-4H;;(H2,1,2,3)/q;+1;/p-1. The zero-order valence-corrected chi connectivity index (χ0v) is 9.61. The molecular weight excluding hydrogens is 207 g/mol. The molecule has 66 valence electrons. The van der Waals surface area contributed by atoms with Crippen LogP contribution in [0.15, 0.2) is 24.3 Å². The molecule has 0 fully saturated rings. The van der Waals surface area contributed by atoms with Gasteiger partial charge in [0.1, 0.15) is 0 Å².